The van der Waals surface area contributed by atoms with E-state index in [0.29, 0.717) is 34.3 Å². The third kappa shape index (κ3) is 2.87. The van der Waals surface area contributed by atoms with Crippen molar-refractivity contribution >= 4 is 5.97 Å². The second-order valence-corrected chi connectivity index (χ2v) is 4.21. The second-order valence-electron chi connectivity index (χ2n) is 4.21. The van der Waals surface area contributed by atoms with Gasteiger partial charge >= 0.3 is 5.97 Å². The Labute approximate surface area is 115 Å². The van der Waals surface area contributed by atoms with Crippen molar-refractivity contribution in [2.45, 2.75) is 20.3 Å². The lowest BCUT2D eigenvalue weighted by atomic mass is 10.1. The normalized spacial score (nSPS) is 10.3. The molecule has 0 atom stereocenters. The molecule has 7 heteroatoms. The predicted octanol–water partition coefficient (Wildman–Crippen LogP) is 1.19. The minimum Gasteiger partial charge on any atom is -0.481 e. The molecule has 2 aromatic heterocycles. The van der Waals surface area contributed by atoms with E-state index in [9.17, 15) is 4.79 Å². The van der Waals surface area contributed by atoms with Gasteiger partial charge in [-0.15, -0.1) is 0 Å². The van der Waals surface area contributed by atoms with Crippen LogP contribution in [0.1, 0.15) is 17.0 Å². The summed E-state index contributed by atoms with van der Waals surface area (Å²) in [5, 5.41) is 8.88. The van der Waals surface area contributed by atoms with E-state index in [1.807, 2.05) is 0 Å². The van der Waals surface area contributed by atoms with Gasteiger partial charge in [0.15, 0.2) is 5.82 Å². The number of rotatable bonds is 4. The fourth-order valence-corrected chi connectivity index (χ4v) is 1.83. The van der Waals surface area contributed by atoms with Crippen molar-refractivity contribution in [2.24, 2.45) is 0 Å². The van der Waals surface area contributed by atoms with Crippen LogP contribution in [0.5, 0.6) is 5.88 Å². The number of carboxylic acid groups (broad SMARTS) is 1. The largest absolute Gasteiger partial charge is 0.481 e. The van der Waals surface area contributed by atoms with Crippen molar-refractivity contribution in [1.82, 2.24) is 19.9 Å². The summed E-state index contributed by atoms with van der Waals surface area (Å²) in [6.45, 7) is 3.52. The number of aliphatic carboxylic acids is 1. The molecule has 0 unspecified atom stereocenters. The van der Waals surface area contributed by atoms with Crippen LogP contribution in [0.4, 0.5) is 0 Å². The number of nitrogens with zero attached hydrogens (tertiary/aromatic N) is 4. The van der Waals surface area contributed by atoms with Crippen LogP contribution in [0.15, 0.2) is 12.4 Å². The van der Waals surface area contributed by atoms with Crippen LogP contribution in [0.2, 0.25) is 0 Å². The Bertz CT molecular complexity index is 635. The van der Waals surface area contributed by atoms with Crippen molar-refractivity contribution in [3.8, 4) is 17.4 Å². The Morgan fingerprint density at radius 2 is 1.90 bits per heavy atom. The van der Waals surface area contributed by atoms with E-state index in [1.54, 1.807) is 19.9 Å². The second kappa shape index (κ2) is 5.60. The van der Waals surface area contributed by atoms with Gasteiger partial charge in [0.25, 0.3) is 0 Å². The maximum atomic E-state index is 10.8. The smallest absolute Gasteiger partial charge is 0.307 e. The molecule has 104 valence electrons. The van der Waals surface area contributed by atoms with Gasteiger partial charge in [0.2, 0.25) is 5.88 Å². The molecule has 0 aliphatic carbocycles. The Balaban J connectivity index is 2.46. The average molecular weight is 274 g/mol. The molecule has 0 saturated heterocycles. The van der Waals surface area contributed by atoms with Crippen molar-refractivity contribution in [3.05, 3.63) is 29.3 Å². The van der Waals surface area contributed by atoms with E-state index in [-0.39, 0.29) is 6.42 Å². The molecule has 1 N–H and O–H groups in total. The summed E-state index contributed by atoms with van der Waals surface area (Å²) in [5.74, 6) is -0.0605. The van der Waals surface area contributed by atoms with Gasteiger partial charge in [0.05, 0.1) is 13.5 Å². The van der Waals surface area contributed by atoms with Crippen LogP contribution < -0.4 is 4.74 Å². The third-order valence-electron chi connectivity index (χ3n) is 2.83. The lowest BCUT2D eigenvalue weighted by molar-refractivity contribution is -0.136. The molecule has 7 nitrogen and oxygen atoms in total. The summed E-state index contributed by atoms with van der Waals surface area (Å²) in [7, 11) is 1.51. The lowest BCUT2D eigenvalue weighted by Crippen LogP contribution is -2.09. The Morgan fingerprint density at radius 1 is 1.25 bits per heavy atom. The maximum Gasteiger partial charge on any atom is 0.307 e. The molecule has 0 aromatic carbocycles. The van der Waals surface area contributed by atoms with Gasteiger partial charge in [-0.05, 0) is 13.8 Å². The van der Waals surface area contributed by atoms with Gasteiger partial charge in [-0.2, -0.15) is 0 Å². The van der Waals surface area contributed by atoms with Crippen molar-refractivity contribution in [1.29, 1.82) is 0 Å². The van der Waals surface area contributed by atoms with Gasteiger partial charge in [-0.3, -0.25) is 4.79 Å². The third-order valence-corrected chi connectivity index (χ3v) is 2.83. The molecule has 2 heterocycles. The molecule has 0 bridgehead atoms. The minimum atomic E-state index is -0.906. The molecular weight excluding hydrogens is 260 g/mol. The Hall–Kier alpha value is -2.57. The number of aryl methyl sites for hydroxylation is 2. The number of aromatic nitrogens is 4. The highest BCUT2D eigenvalue weighted by molar-refractivity contribution is 5.71. The Kier molecular flexibility index (Phi) is 3.88. The number of hydrogen-bond acceptors (Lipinski definition) is 6. The Morgan fingerprint density at radius 3 is 2.45 bits per heavy atom. The highest BCUT2D eigenvalue weighted by atomic mass is 16.5. The number of ether oxygens (including phenoxy) is 1. The standard InChI is InChI=1S/C13H14N4O3/c1-7-9(4-12(18)19)8(2)17-13(16-7)10-5-11(20-3)15-6-14-10/h5-6H,4H2,1-3H3,(H,18,19). The van der Waals surface area contributed by atoms with Crippen LogP contribution in [-0.4, -0.2) is 38.1 Å². The summed E-state index contributed by atoms with van der Waals surface area (Å²) in [6, 6.07) is 1.63. The van der Waals surface area contributed by atoms with Crippen LogP contribution in [0, 0.1) is 13.8 Å². The minimum absolute atomic E-state index is 0.0922. The molecule has 20 heavy (non-hydrogen) atoms. The summed E-state index contributed by atoms with van der Waals surface area (Å²) >= 11 is 0. The first-order chi connectivity index (χ1) is 9.51. The van der Waals surface area contributed by atoms with Gasteiger partial charge in [-0.25, -0.2) is 19.9 Å². The molecule has 0 aliphatic heterocycles. The quantitative estimate of drug-likeness (QED) is 0.893. The molecule has 0 aliphatic rings. The fourth-order valence-electron chi connectivity index (χ4n) is 1.83. The molecule has 0 spiro atoms. The number of hydrogen-bond donors (Lipinski definition) is 1. The first-order valence-corrected chi connectivity index (χ1v) is 5.93. The van der Waals surface area contributed by atoms with Crippen LogP contribution >= 0.6 is 0 Å². The van der Waals surface area contributed by atoms with Crippen LogP contribution in [0.25, 0.3) is 11.5 Å². The van der Waals surface area contributed by atoms with Crippen LogP contribution in [0.3, 0.4) is 0 Å². The molecule has 0 fully saturated rings. The molecule has 2 rings (SSSR count). The van der Waals surface area contributed by atoms with E-state index in [1.165, 1.54) is 13.4 Å². The van der Waals surface area contributed by atoms with Gasteiger partial charge in [-0.1, -0.05) is 0 Å². The number of carbonyl (C=O) groups is 1. The lowest BCUT2D eigenvalue weighted by Gasteiger charge is -2.09. The predicted molar refractivity (Wildman–Crippen MR) is 70.4 cm³/mol. The zero-order chi connectivity index (χ0) is 14.7. The average Bonchev–Trinajstić information content (AvgIpc) is 2.42. The maximum absolute atomic E-state index is 10.8. The fraction of sp³-hybridized carbons (Fsp3) is 0.308. The molecule has 0 saturated carbocycles. The van der Waals surface area contributed by atoms with E-state index < -0.39 is 5.97 Å². The van der Waals surface area contributed by atoms with E-state index in [2.05, 4.69) is 19.9 Å². The van der Waals surface area contributed by atoms with Gasteiger partial charge < -0.3 is 9.84 Å². The first kappa shape index (κ1) is 13.9. The molecule has 0 radical (unpaired) electrons. The monoisotopic (exact) mass is 274 g/mol. The van der Waals surface area contributed by atoms with E-state index in [0.717, 1.165) is 0 Å². The zero-order valence-electron chi connectivity index (χ0n) is 11.4. The van der Waals surface area contributed by atoms with Gasteiger partial charge in [0, 0.05) is 23.0 Å². The number of carboxylic acids is 1. The highest BCUT2D eigenvalue weighted by Crippen LogP contribution is 2.19. The number of methoxy groups -OCH3 is 1. The van der Waals surface area contributed by atoms with Crippen LogP contribution in [-0.2, 0) is 11.2 Å². The summed E-state index contributed by atoms with van der Waals surface area (Å²) in [5.41, 5.74) is 2.42. The highest BCUT2D eigenvalue weighted by Gasteiger charge is 2.14. The summed E-state index contributed by atoms with van der Waals surface area (Å²) in [4.78, 5) is 27.5. The van der Waals surface area contributed by atoms with Crippen molar-refractivity contribution in [2.75, 3.05) is 7.11 Å². The molecule has 0 amide bonds. The summed E-state index contributed by atoms with van der Waals surface area (Å²) < 4.78 is 5.03. The molecule has 2 aromatic rings. The molecular formula is C13H14N4O3. The zero-order valence-corrected chi connectivity index (χ0v) is 11.4. The van der Waals surface area contributed by atoms with Gasteiger partial charge in [0.1, 0.15) is 12.0 Å². The topological polar surface area (TPSA) is 98.1 Å². The van der Waals surface area contributed by atoms with E-state index in [4.69, 9.17) is 9.84 Å². The van der Waals surface area contributed by atoms with Crippen molar-refractivity contribution in [3.63, 3.8) is 0 Å². The summed E-state index contributed by atoms with van der Waals surface area (Å²) in [6.07, 6.45) is 1.28. The van der Waals surface area contributed by atoms with Crippen molar-refractivity contribution < 1.29 is 14.6 Å². The SMILES string of the molecule is COc1cc(-c2nc(C)c(CC(=O)O)c(C)n2)ncn1. The first-order valence-electron chi connectivity index (χ1n) is 5.93. The van der Waals surface area contributed by atoms with E-state index >= 15 is 0 Å².